The van der Waals surface area contributed by atoms with Crippen LogP contribution >= 0.6 is 0 Å². The van der Waals surface area contributed by atoms with Gasteiger partial charge >= 0.3 is 5.97 Å². The molecule has 0 aliphatic heterocycles. The highest BCUT2D eigenvalue weighted by Crippen LogP contribution is 2.13. The molecule has 2 aromatic carbocycles. The first-order valence-electron chi connectivity index (χ1n) is 7.10. The summed E-state index contributed by atoms with van der Waals surface area (Å²) >= 11 is 0. The second-order valence-corrected chi connectivity index (χ2v) is 4.69. The van der Waals surface area contributed by atoms with Crippen LogP contribution in [0.15, 0.2) is 54.6 Å². The van der Waals surface area contributed by atoms with Crippen molar-refractivity contribution in [1.29, 1.82) is 0 Å². The summed E-state index contributed by atoms with van der Waals surface area (Å²) in [7, 11) is 0. The van der Waals surface area contributed by atoms with Crippen LogP contribution in [0.1, 0.15) is 18.1 Å². The lowest BCUT2D eigenvalue weighted by Gasteiger charge is -2.07. The molecule has 0 fully saturated rings. The zero-order valence-corrected chi connectivity index (χ0v) is 12.4. The highest BCUT2D eigenvalue weighted by molar-refractivity contribution is 5.87. The van der Waals surface area contributed by atoms with Crippen molar-refractivity contribution in [2.45, 2.75) is 13.5 Å². The Morgan fingerprint density at radius 1 is 1.23 bits per heavy atom. The Morgan fingerprint density at radius 2 is 2.00 bits per heavy atom. The van der Waals surface area contributed by atoms with Gasteiger partial charge in [-0.1, -0.05) is 24.3 Å². The molecule has 22 heavy (non-hydrogen) atoms. The third kappa shape index (κ3) is 5.05. The van der Waals surface area contributed by atoms with Gasteiger partial charge < -0.3 is 10.1 Å². The lowest BCUT2D eigenvalue weighted by molar-refractivity contribution is -0.137. The van der Waals surface area contributed by atoms with Crippen LogP contribution in [0.2, 0.25) is 0 Å². The van der Waals surface area contributed by atoms with Gasteiger partial charge in [0.15, 0.2) is 0 Å². The van der Waals surface area contributed by atoms with Gasteiger partial charge in [0.05, 0.1) is 6.61 Å². The standard InChI is InChI=1S/C18H18FNO2/c1-2-22-18(21)11-8-14-6-9-17(10-7-14)20-13-15-4-3-5-16(19)12-15/h3-12,20H,2,13H2,1H3/b11-8+. The van der Waals surface area contributed by atoms with E-state index in [0.717, 1.165) is 16.8 Å². The highest BCUT2D eigenvalue weighted by atomic mass is 19.1. The van der Waals surface area contributed by atoms with Crippen molar-refractivity contribution in [3.63, 3.8) is 0 Å². The van der Waals surface area contributed by atoms with E-state index in [9.17, 15) is 9.18 Å². The molecule has 0 spiro atoms. The van der Waals surface area contributed by atoms with Gasteiger partial charge in [-0.25, -0.2) is 9.18 Å². The van der Waals surface area contributed by atoms with Crippen LogP contribution in [0.4, 0.5) is 10.1 Å². The Balaban J connectivity index is 1.90. The van der Waals surface area contributed by atoms with E-state index in [0.29, 0.717) is 13.2 Å². The van der Waals surface area contributed by atoms with Crippen LogP contribution in [-0.2, 0) is 16.1 Å². The summed E-state index contributed by atoms with van der Waals surface area (Å²) in [5.41, 5.74) is 2.72. The van der Waals surface area contributed by atoms with Crippen LogP contribution in [0.25, 0.3) is 6.08 Å². The Kier molecular flexibility index (Phi) is 5.72. The molecule has 0 aliphatic carbocycles. The summed E-state index contributed by atoms with van der Waals surface area (Å²) in [4.78, 5) is 11.2. The molecule has 0 saturated carbocycles. The monoisotopic (exact) mass is 299 g/mol. The van der Waals surface area contributed by atoms with Crippen molar-refractivity contribution in [3.8, 4) is 0 Å². The van der Waals surface area contributed by atoms with Crippen LogP contribution in [0.3, 0.4) is 0 Å². The molecule has 0 unspecified atom stereocenters. The van der Waals surface area contributed by atoms with E-state index in [2.05, 4.69) is 5.32 Å². The van der Waals surface area contributed by atoms with Crippen molar-refractivity contribution in [3.05, 3.63) is 71.6 Å². The number of hydrogen-bond donors (Lipinski definition) is 1. The number of anilines is 1. The molecule has 2 rings (SSSR count). The second-order valence-electron chi connectivity index (χ2n) is 4.69. The summed E-state index contributed by atoms with van der Waals surface area (Å²) < 4.78 is 17.9. The minimum atomic E-state index is -0.351. The van der Waals surface area contributed by atoms with Crippen molar-refractivity contribution in [2.24, 2.45) is 0 Å². The molecule has 0 atom stereocenters. The SMILES string of the molecule is CCOC(=O)/C=C/c1ccc(NCc2cccc(F)c2)cc1. The number of benzene rings is 2. The van der Waals surface area contributed by atoms with Crippen LogP contribution in [0, 0.1) is 5.82 Å². The fourth-order valence-electron chi connectivity index (χ4n) is 1.92. The molecule has 3 nitrogen and oxygen atoms in total. The van der Waals surface area contributed by atoms with E-state index in [1.54, 1.807) is 19.1 Å². The highest BCUT2D eigenvalue weighted by Gasteiger charge is 1.97. The third-order valence-electron chi connectivity index (χ3n) is 2.99. The number of nitrogens with one attached hydrogen (secondary N) is 1. The Bertz CT molecular complexity index is 650. The zero-order valence-electron chi connectivity index (χ0n) is 12.4. The van der Waals surface area contributed by atoms with Crippen LogP contribution < -0.4 is 5.32 Å². The molecule has 0 saturated heterocycles. The molecule has 1 N–H and O–H groups in total. The van der Waals surface area contributed by atoms with Gasteiger partial charge in [-0.3, -0.25) is 0 Å². The van der Waals surface area contributed by atoms with E-state index in [-0.39, 0.29) is 11.8 Å². The molecule has 4 heteroatoms. The summed E-state index contributed by atoms with van der Waals surface area (Å²) in [5, 5.41) is 3.22. The van der Waals surface area contributed by atoms with E-state index in [1.165, 1.54) is 18.2 Å². The first-order chi connectivity index (χ1) is 10.7. The van der Waals surface area contributed by atoms with Crippen LogP contribution in [-0.4, -0.2) is 12.6 Å². The molecular formula is C18H18FNO2. The molecule has 0 heterocycles. The summed E-state index contributed by atoms with van der Waals surface area (Å²) in [6.07, 6.45) is 3.10. The van der Waals surface area contributed by atoms with E-state index >= 15 is 0 Å². The quantitative estimate of drug-likeness (QED) is 0.647. The van der Waals surface area contributed by atoms with Gasteiger partial charge in [-0.2, -0.15) is 0 Å². The minimum absolute atomic E-state index is 0.237. The number of ether oxygens (including phenoxy) is 1. The zero-order chi connectivity index (χ0) is 15.8. The summed E-state index contributed by atoms with van der Waals surface area (Å²) in [5.74, 6) is -0.588. The van der Waals surface area contributed by atoms with Crippen molar-refractivity contribution >= 4 is 17.7 Å². The van der Waals surface area contributed by atoms with E-state index < -0.39 is 0 Å². The average molecular weight is 299 g/mol. The minimum Gasteiger partial charge on any atom is -0.463 e. The summed E-state index contributed by atoms with van der Waals surface area (Å²) in [6, 6.07) is 14.1. The fraction of sp³-hybridized carbons (Fsp3) is 0.167. The number of rotatable bonds is 6. The first kappa shape index (κ1) is 15.8. The molecule has 2 aromatic rings. The number of carbonyl (C=O) groups excluding carboxylic acids is 1. The van der Waals surface area contributed by atoms with Crippen molar-refractivity contribution < 1.29 is 13.9 Å². The Labute approximate surface area is 129 Å². The largest absolute Gasteiger partial charge is 0.463 e. The third-order valence-corrected chi connectivity index (χ3v) is 2.99. The number of esters is 1. The molecule has 0 aromatic heterocycles. The molecule has 0 radical (unpaired) electrons. The molecule has 0 bridgehead atoms. The molecular weight excluding hydrogens is 281 g/mol. The van der Waals surface area contributed by atoms with Gasteiger partial charge in [-0.05, 0) is 48.4 Å². The van der Waals surface area contributed by atoms with Crippen molar-refractivity contribution in [1.82, 2.24) is 0 Å². The number of halogens is 1. The normalized spacial score (nSPS) is 10.6. The van der Waals surface area contributed by atoms with Gasteiger partial charge in [0.1, 0.15) is 5.82 Å². The lowest BCUT2D eigenvalue weighted by Crippen LogP contribution is -1.99. The van der Waals surface area contributed by atoms with Gasteiger partial charge in [0.25, 0.3) is 0 Å². The van der Waals surface area contributed by atoms with E-state index in [4.69, 9.17) is 4.74 Å². The van der Waals surface area contributed by atoms with Crippen molar-refractivity contribution in [2.75, 3.05) is 11.9 Å². The predicted octanol–water partition coefficient (Wildman–Crippen LogP) is 4.01. The van der Waals surface area contributed by atoms with Gasteiger partial charge in [0, 0.05) is 18.3 Å². The summed E-state index contributed by atoms with van der Waals surface area (Å²) in [6.45, 7) is 2.69. The van der Waals surface area contributed by atoms with Gasteiger partial charge in [-0.15, -0.1) is 0 Å². The molecule has 0 amide bonds. The first-order valence-corrected chi connectivity index (χ1v) is 7.10. The second kappa shape index (κ2) is 7.98. The average Bonchev–Trinajstić information content (AvgIpc) is 2.52. The fourth-order valence-corrected chi connectivity index (χ4v) is 1.92. The molecule has 114 valence electrons. The van der Waals surface area contributed by atoms with Gasteiger partial charge in [0.2, 0.25) is 0 Å². The lowest BCUT2D eigenvalue weighted by atomic mass is 10.1. The maximum absolute atomic E-state index is 13.1. The predicted molar refractivity (Wildman–Crippen MR) is 85.8 cm³/mol. The smallest absolute Gasteiger partial charge is 0.330 e. The maximum atomic E-state index is 13.1. The number of hydrogen-bond acceptors (Lipinski definition) is 3. The van der Waals surface area contributed by atoms with Crippen LogP contribution in [0.5, 0.6) is 0 Å². The number of carbonyl (C=O) groups is 1. The topological polar surface area (TPSA) is 38.3 Å². The maximum Gasteiger partial charge on any atom is 0.330 e. The van der Waals surface area contributed by atoms with E-state index in [1.807, 2.05) is 30.3 Å². The Hall–Kier alpha value is -2.62. The Morgan fingerprint density at radius 3 is 2.68 bits per heavy atom. The molecule has 0 aliphatic rings.